The zero-order valence-corrected chi connectivity index (χ0v) is 12.5. The van der Waals surface area contributed by atoms with Gasteiger partial charge in [-0.2, -0.15) is 0 Å². The average molecular weight is 295 g/mol. The molecule has 0 saturated heterocycles. The van der Waals surface area contributed by atoms with Crippen LogP contribution in [0.2, 0.25) is 0 Å². The van der Waals surface area contributed by atoms with Crippen LogP contribution in [0, 0.1) is 5.82 Å². The lowest BCUT2D eigenvalue weighted by Gasteiger charge is -2.22. The minimum Gasteiger partial charge on any atom is -0.357 e. The third-order valence-electron chi connectivity index (χ3n) is 2.06. The van der Waals surface area contributed by atoms with E-state index in [0.717, 1.165) is 0 Å². The van der Waals surface area contributed by atoms with Gasteiger partial charge in [-0.05, 0) is 56.8 Å². The van der Waals surface area contributed by atoms with Crippen molar-refractivity contribution >= 4 is 29.3 Å². The first-order valence-corrected chi connectivity index (χ1v) is 6.49. The van der Waals surface area contributed by atoms with Crippen LogP contribution in [0.4, 0.5) is 4.39 Å². The lowest BCUT2D eigenvalue weighted by Crippen LogP contribution is -2.51. The van der Waals surface area contributed by atoms with Crippen molar-refractivity contribution in [1.82, 2.24) is 16.2 Å². The Labute approximate surface area is 123 Å². The summed E-state index contributed by atoms with van der Waals surface area (Å²) < 4.78 is 12.9. The summed E-state index contributed by atoms with van der Waals surface area (Å²) in [4.78, 5) is 11.5. The molecule has 1 amide bonds. The Balaban J connectivity index is 2.42. The molecule has 4 nitrogen and oxygen atoms in total. The van der Waals surface area contributed by atoms with Gasteiger partial charge in [0.2, 0.25) is 0 Å². The highest BCUT2D eigenvalue weighted by Gasteiger charge is 2.10. The van der Waals surface area contributed by atoms with Crippen molar-refractivity contribution in [2.24, 2.45) is 0 Å². The molecule has 108 valence electrons. The third-order valence-corrected chi connectivity index (χ3v) is 2.27. The van der Waals surface area contributed by atoms with Crippen molar-refractivity contribution in [3.05, 3.63) is 41.7 Å². The second kappa shape index (κ2) is 7.00. The normalized spacial score (nSPS) is 11.2. The van der Waals surface area contributed by atoms with Gasteiger partial charge in [0.05, 0.1) is 0 Å². The van der Waals surface area contributed by atoms with E-state index in [1.807, 2.05) is 20.8 Å². The molecular weight excluding hydrogens is 277 g/mol. The maximum absolute atomic E-state index is 12.9. The molecule has 0 aromatic heterocycles. The molecule has 0 atom stereocenters. The highest BCUT2D eigenvalue weighted by atomic mass is 32.1. The number of halogens is 1. The summed E-state index contributed by atoms with van der Waals surface area (Å²) >= 11 is 5.00. The second-order valence-corrected chi connectivity index (χ2v) is 5.61. The molecule has 20 heavy (non-hydrogen) atoms. The molecule has 6 heteroatoms. The summed E-state index contributed by atoms with van der Waals surface area (Å²) in [6.45, 7) is 5.85. The summed E-state index contributed by atoms with van der Waals surface area (Å²) in [5.41, 5.74) is 5.42. The van der Waals surface area contributed by atoms with E-state index in [-0.39, 0.29) is 17.3 Å². The molecule has 0 bridgehead atoms. The van der Waals surface area contributed by atoms with E-state index in [2.05, 4.69) is 16.2 Å². The highest BCUT2D eigenvalue weighted by Crippen LogP contribution is 2.04. The molecule has 1 aromatic carbocycles. The number of amides is 1. The fourth-order valence-electron chi connectivity index (χ4n) is 1.31. The number of carbonyl (C=O) groups is 1. The van der Waals surface area contributed by atoms with Gasteiger partial charge < -0.3 is 5.32 Å². The Morgan fingerprint density at radius 2 is 2.00 bits per heavy atom. The maximum atomic E-state index is 12.9. The number of hydrazine groups is 1. The number of nitrogens with one attached hydrogen (secondary N) is 3. The number of thiocarbonyl (C=S) groups is 1. The highest BCUT2D eigenvalue weighted by molar-refractivity contribution is 7.80. The summed E-state index contributed by atoms with van der Waals surface area (Å²) in [5, 5.41) is 3.31. The van der Waals surface area contributed by atoms with Gasteiger partial charge in [0, 0.05) is 11.6 Å². The number of benzene rings is 1. The molecule has 3 N–H and O–H groups in total. The van der Waals surface area contributed by atoms with Crippen LogP contribution in [-0.2, 0) is 4.79 Å². The molecule has 0 saturated carbocycles. The van der Waals surface area contributed by atoms with E-state index in [1.165, 1.54) is 24.3 Å². The first-order chi connectivity index (χ1) is 9.26. The van der Waals surface area contributed by atoms with Crippen LogP contribution in [0.5, 0.6) is 0 Å². The van der Waals surface area contributed by atoms with Crippen LogP contribution < -0.4 is 16.2 Å². The zero-order chi connectivity index (χ0) is 15.2. The van der Waals surface area contributed by atoms with Crippen LogP contribution in [0.15, 0.2) is 30.3 Å². The summed E-state index contributed by atoms with van der Waals surface area (Å²) in [6.07, 6.45) is 2.81. The fourth-order valence-corrected chi connectivity index (χ4v) is 1.67. The van der Waals surface area contributed by atoms with Crippen molar-refractivity contribution in [2.75, 3.05) is 0 Å². The molecule has 0 aliphatic heterocycles. The number of hydrogen-bond donors (Lipinski definition) is 3. The first-order valence-electron chi connectivity index (χ1n) is 6.08. The van der Waals surface area contributed by atoms with Crippen LogP contribution in [0.3, 0.4) is 0 Å². The summed E-state index contributed by atoms with van der Waals surface area (Å²) in [5.74, 6) is -0.728. The molecule has 0 fully saturated rings. The van der Waals surface area contributed by atoms with Crippen molar-refractivity contribution in [1.29, 1.82) is 0 Å². The van der Waals surface area contributed by atoms with Crippen molar-refractivity contribution in [3.8, 4) is 0 Å². The SMILES string of the molecule is CC(C)(C)NC(=S)NNC(=O)/C=C/c1cccc(F)c1. The summed E-state index contributed by atoms with van der Waals surface area (Å²) in [7, 11) is 0. The average Bonchev–Trinajstić information content (AvgIpc) is 2.32. The molecule has 0 radical (unpaired) electrons. The standard InChI is InChI=1S/C14H18FN3OS/c1-14(2,3)16-13(20)18-17-12(19)8-7-10-5-4-6-11(15)9-10/h4-9H,1-3H3,(H,17,19)(H2,16,18,20)/b8-7+. The molecule has 0 unspecified atom stereocenters. The molecule has 0 heterocycles. The summed E-state index contributed by atoms with van der Waals surface area (Å²) in [6, 6.07) is 5.96. The minimum absolute atomic E-state index is 0.188. The van der Waals surface area contributed by atoms with Gasteiger partial charge in [-0.15, -0.1) is 0 Å². The van der Waals surface area contributed by atoms with Gasteiger partial charge in [0.1, 0.15) is 5.82 Å². The monoisotopic (exact) mass is 295 g/mol. The van der Waals surface area contributed by atoms with E-state index in [4.69, 9.17) is 12.2 Å². The van der Waals surface area contributed by atoms with Gasteiger partial charge in [-0.1, -0.05) is 12.1 Å². The van der Waals surface area contributed by atoms with Crippen molar-refractivity contribution < 1.29 is 9.18 Å². The van der Waals surface area contributed by atoms with E-state index < -0.39 is 0 Å². The van der Waals surface area contributed by atoms with Gasteiger partial charge in [0.15, 0.2) is 5.11 Å². The Hall–Kier alpha value is -1.95. The molecule has 0 aliphatic rings. The lowest BCUT2D eigenvalue weighted by atomic mass is 10.1. The smallest absolute Gasteiger partial charge is 0.262 e. The number of rotatable bonds is 2. The Morgan fingerprint density at radius 1 is 1.30 bits per heavy atom. The Kier molecular flexibility index (Phi) is 5.64. The van der Waals surface area contributed by atoms with Crippen molar-refractivity contribution in [3.63, 3.8) is 0 Å². The topological polar surface area (TPSA) is 53.2 Å². The molecule has 1 rings (SSSR count). The fraction of sp³-hybridized carbons (Fsp3) is 0.286. The van der Waals surface area contributed by atoms with E-state index in [0.29, 0.717) is 10.7 Å². The lowest BCUT2D eigenvalue weighted by molar-refractivity contribution is -0.117. The number of hydrogen-bond acceptors (Lipinski definition) is 2. The Bertz CT molecular complexity index is 523. The zero-order valence-electron chi connectivity index (χ0n) is 11.7. The van der Waals surface area contributed by atoms with Crippen LogP contribution in [-0.4, -0.2) is 16.6 Å². The predicted molar refractivity (Wildman–Crippen MR) is 82.2 cm³/mol. The van der Waals surface area contributed by atoms with Crippen molar-refractivity contribution in [2.45, 2.75) is 26.3 Å². The predicted octanol–water partition coefficient (Wildman–Crippen LogP) is 2.13. The quantitative estimate of drug-likeness (QED) is 0.444. The van der Waals surface area contributed by atoms with Gasteiger partial charge in [0.25, 0.3) is 5.91 Å². The number of carbonyl (C=O) groups excluding carboxylic acids is 1. The second-order valence-electron chi connectivity index (χ2n) is 5.21. The first kappa shape index (κ1) is 16.1. The van der Waals surface area contributed by atoms with Crippen LogP contribution >= 0.6 is 12.2 Å². The van der Waals surface area contributed by atoms with E-state index in [1.54, 1.807) is 12.1 Å². The molecule has 0 spiro atoms. The largest absolute Gasteiger partial charge is 0.357 e. The molecule has 1 aromatic rings. The van der Waals surface area contributed by atoms with Crippen LogP contribution in [0.1, 0.15) is 26.3 Å². The van der Waals surface area contributed by atoms with Gasteiger partial charge in [-0.25, -0.2) is 4.39 Å². The molecular formula is C14H18FN3OS. The van der Waals surface area contributed by atoms with E-state index in [9.17, 15) is 9.18 Å². The Morgan fingerprint density at radius 3 is 2.60 bits per heavy atom. The molecule has 0 aliphatic carbocycles. The van der Waals surface area contributed by atoms with E-state index >= 15 is 0 Å². The van der Waals surface area contributed by atoms with Gasteiger partial charge in [-0.3, -0.25) is 15.6 Å². The van der Waals surface area contributed by atoms with Gasteiger partial charge >= 0.3 is 0 Å². The third kappa shape index (κ3) is 6.84. The minimum atomic E-state index is -0.382. The van der Waals surface area contributed by atoms with Crippen LogP contribution in [0.25, 0.3) is 6.08 Å². The maximum Gasteiger partial charge on any atom is 0.262 e.